The summed E-state index contributed by atoms with van der Waals surface area (Å²) >= 11 is 0. The van der Waals surface area contributed by atoms with Gasteiger partial charge in [0.1, 0.15) is 0 Å². The van der Waals surface area contributed by atoms with Gasteiger partial charge >= 0.3 is 15.6 Å². The fourth-order valence-electron chi connectivity index (χ4n) is 0.394. The number of hydrogen-bond acceptors (Lipinski definition) is 4. The Morgan fingerprint density at radius 1 is 1.36 bits per heavy atom. The molecule has 0 rings (SSSR count). The highest BCUT2D eigenvalue weighted by Crippen LogP contribution is 2.57. The van der Waals surface area contributed by atoms with Gasteiger partial charge in [0, 0.05) is 0 Å². The molecule has 0 radical (unpaired) electrons. The maximum Gasteiger partial charge on any atom is 0.535 e. The Bertz CT molecular complexity index is 303. The van der Waals surface area contributed by atoms with Gasteiger partial charge in [-0.25, -0.2) is 9.13 Å². The molecule has 1 atom stereocenters. The van der Waals surface area contributed by atoms with Gasteiger partial charge in [-0.15, -0.1) is 0 Å². The molecule has 0 heterocycles. The number of phosphoric ester groups is 1. The Morgan fingerprint density at radius 2 is 1.86 bits per heavy atom. The standard InChI is InChI=1S/C5H12O7P2/c1-3-5(2)4-11-14(9,10)12-13(6,7)8/h4H,3H2,1-2H3,(H,9,10)(H2,6,7,8). The lowest BCUT2D eigenvalue weighted by atomic mass is 10.3. The molecule has 1 unspecified atom stereocenters. The van der Waals surface area contributed by atoms with E-state index in [4.69, 9.17) is 14.7 Å². The summed E-state index contributed by atoms with van der Waals surface area (Å²) in [5, 5.41) is 0. The molecule has 0 bridgehead atoms. The summed E-state index contributed by atoms with van der Waals surface area (Å²) in [6.45, 7) is 3.40. The molecule has 0 aromatic heterocycles. The highest BCUT2D eigenvalue weighted by molar-refractivity contribution is 7.60. The second-order valence-corrected chi connectivity index (χ2v) is 5.25. The zero-order valence-corrected chi connectivity index (χ0v) is 9.44. The Labute approximate surface area is 81.2 Å². The Hall–Kier alpha value is -0.160. The zero-order valence-electron chi connectivity index (χ0n) is 7.65. The van der Waals surface area contributed by atoms with Crippen LogP contribution in [0.4, 0.5) is 0 Å². The first-order valence-electron chi connectivity index (χ1n) is 3.60. The van der Waals surface area contributed by atoms with Crippen LogP contribution in [0.1, 0.15) is 20.3 Å². The van der Waals surface area contributed by atoms with Crippen molar-refractivity contribution in [1.82, 2.24) is 0 Å². The molecule has 0 aromatic carbocycles. The van der Waals surface area contributed by atoms with E-state index in [0.29, 0.717) is 12.0 Å². The average Bonchev–Trinajstić information content (AvgIpc) is 1.96. The van der Waals surface area contributed by atoms with E-state index in [-0.39, 0.29) is 0 Å². The Kier molecular flexibility index (Phi) is 5.01. The predicted octanol–water partition coefficient (Wildman–Crippen LogP) is 1.53. The zero-order chi connectivity index (χ0) is 11.4. The van der Waals surface area contributed by atoms with Crippen LogP contribution in [-0.2, 0) is 18.0 Å². The molecule has 0 aliphatic rings. The molecule has 0 aliphatic carbocycles. The van der Waals surface area contributed by atoms with Crippen LogP contribution in [0, 0.1) is 0 Å². The summed E-state index contributed by atoms with van der Waals surface area (Å²) in [7, 11) is -9.74. The van der Waals surface area contributed by atoms with E-state index in [1.807, 2.05) is 0 Å². The largest absolute Gasteiger partial charge is 0.535 e. The van der Waals surface area contributed by atoms with Gasteiger partial charge in [-0.3, -0.25) is 4.89 Å². The van der Waals surface area contributed by atoms with Crippen molar-refractivity contribution in [3.05, 3.63) is 11.8 Å². The lowest BCUT2D eigenvalue weighted by Gasteiger charge is -2.10. The fraction of sp³-hybridized carbons (Fsp3) is 0.600. The van der Waals surface area contributed by atoms with E-state index < -0.39 is 15.6 Å². The van der Waals surface area contributed by atoms with Crippen molar-refractivity contribution in [2.75, 3.05) is 0 Å². The predicted molar refractivity (Wildman–Crippen MR) is 48.1 cm³/mol. The van der Waals surface area contributed by atoms with Crippen molar-refractivity contribution in [3.8, 4) is 0 Å². The van der Waals surface area contributed by atoms with Crippen molar-refractivity contribution < 1.29 is 32.6 Å². The first-order chi connectivity index (χ1) is 6.16. The minimum Gasteiger partial charge on any atom is -0.412 e. The Balaban J connectivity index is 4.37. The van der Waals surface area contributed by atoms with E-state index in [1.165, 1.54) is 0 Å². The van der Waals surface area contributed by atoms with Crippen LogP contribution in [0.15, 0.2) is 11.8 Å². The van der Waals surface area contributed by atoms with Gasteiger partial charge in [0.15, 0.2) is 0 Å². The van der Waals surface area contributed by atoms with E-state index in [0.717, 1.165) is 6.26 Å². The first kappa shape index (κ1) is 13.8. The van der Waals surface area contributed by atoms with Crippen molar-refractivity contribution in [3.63, 3.8) is 0 Å². The summed E-state index contributed by atoms with van der Waals surface area (Å²) in [4.78, 5) is 25.2. The molecule has 0 spiro atoms. The van der Waals surface area contributed by atoms with Crippen LogP contribution in [0.2, 0.25) is 0 Å². The molecule has 14 heavy (non-hydrogen) atoms. The highest BCUT2D eigenvalue weighted by Gasteiger charge is 2.32. The third-order valence-electron chi connectivity index (χ3n) is 1.15. The molecule has 7 nitrogen and oxygen atoms in total. The van der Waals surface area contributed by atoms with Crippen molar-refractivity contribution in [2.24, 2.45) is 0 Å². The molecule has 0 aliphatic heterocycles. The van der Waals surface area contributed by atoms with Gasteiger partial charge in [0.25, 0.3) is 0 Å². The molecule has 0 saturated carbocycles. The van der Waals surface area contributed by atoms with Crippen molar-refractivity contribution >= 4 is 15.6 Å². The molecular formula is C5H12O7P2. The minimum absolute atomic E-state index is 0.579. The topological polar surface area (TPSA) is 113 Å². The molecular weight excluding hydrogens is 234 g/mol. The van der Waals surface area contributed by atoms with Crippen LogP contribution >= 0.6 is 15.6 Å². The van der Waals surface area contributed by atoms with E-state index in [1.54, 1.807) is 13.8 Å². The monoisotopic (exact) mass is 246 g/mol. The molecule has 9 heteroatoms. The summed E-state index contributed by atoms with van der Waals surface area (Å²) in [6.07, 6.45) is 1.51. The molecule has 84 valence electrons. The summed E-state index contributed by atoms with van der Waals surface area (Å²) in [6, 6.07) is 0. The first-order valence-corrected chi connectivity index (χ1v) is 6.62. The lowest BCUT2D eigenvalue weighted by molar-refractivity contribution is 0.216. The summed E-state index contributed by atoms with van der Waals surface area (Å²) in [5.41, 5.74) is 0.633. The molecule has 3 N–H and O–H groups in total. The molecule has 0 aromatic rings. The maximum atomic E-state index is 10.8. The van der Waals surface area contributed by atoms with Gasteiger partial charge in [0.05, 0.1) is 6.26 Å². The number of rotatable bonds is 5. The average molecular weight is 246 g/mol. The summed E-state index contributed by atoms with van der Waals surface area (Å²) < 4.78 is 28.7. The van der Waals surface area contributed by atoms with Gasteiger partial charge in [-0.05, 0) is 18.9 Å². The highest BCUT2D eigenvalue weighted by atomic mass is 31.3. The van der Waals surface area contributed by atoms with Crippen LogP contribution < -0.4 is 0 Å². The second kappa shape index (κ2) is 5.07. The lowest BCUT2D eigenvalue weighted by Crippen LogP contribution is -1.89. The maximum absolute atomic E-state index is 10.8. The second-order valence-electron chi connectivity index (χ2n) is 2.46. The third kappa shape index (κ3) is 7.26. The quantitative estimate of drug-likeness (QED) is 0.497. The minimum atomic E-state index is -5.02. The number of allylic oxidation sites excluding steroid dienone is 1. The van der Waals surface area contributed by atoms with Crippen LogP contribution in [0.3, 0.4) is 0 Å². The van der Waals surface area contributed by atoms with Gasteiger partial charge in [0.2, 0.25) is 0 Å². The SMILES string of the molecule is CCC(C)=COP(=O)(O)OP(=O)(O)O. The Morgan fingerprint density at radius 3 is 2.21 bits per heavy atom. The van der Waals surface area contributed by atoms with Crippen LogP contribution in [0.5, 0.6) is 0 Å². The summed E-state index contributed by atoms with van der Waals surface area (Å²) in [5.74, 6) is 0. The molecule has 0 saturated heterocycles. The molecule has 0 fully saturated rings. The normalized spacial score (nSPS) is 17.6. The van der Waals surface area contributed by atoms with Crippen molar-refractivity contribution in [2.45, 2.75) is 20.3 Å². The van der Waals surface area contributed by atoms with Gasteiger partial charge < -0.3 is 14.3 Å². The third-order valence-corrected chi connectivity index (χ3v) is 3.20. The van der Waals surface area contributed by atoms with Gasteiger partial charge in [-0.1, -0.05) is 6.92 Å². The number of phosphoric acid groups is 2. The smallest absolute Gasteiger partial charge is 0.412 e. The van der Waals surface area contributed by atoms with Crippen LogP contribution in [-0.4, -0.2) is 14.7 Å². The molecule has 0 amide bonds. The van der Waals surface area contributed by atoms with E-state index in [2.05, 4.69) is 8.83 Å². The fourth-order valence-corrected chi connectivity index (χ4v) is 1.94. The number of hydrogen-bond donors (Lipinski definition) is 3. The van der Waals surface area contributed by atoms with E-state index in [9.17, 15) is 9.13 Å². The van der Waals surface area contributed by atoms with Crippen LogP contribution in [0.25, 0.3) is 0 Å². The van der Waals surface area contributed by atoms with Crippen molar-refractivity contribution in [1.29, 1.82) is 0 Å². The van der Waals surface area contributed by atoms with E-state index >= 15 is 0 Å². The van der Waals surface area contributed by atoms with Gasteiger partial charge in [-0.2, -0.15) is 4.31 Å².